The van der Waals surface area contributed by atoms with Crippen molar-refractivity contribution in [1.29, 1.82) is 0 Å². The molecule has 3 aromatic rings. The van der Waals surface area contributed by atoms with E-state index in [-0.39, 0.29) is 30.9 Å². The minimum Gasteiger partial charge on any atom is -0.370 e. The van der Waals surface area contributed by atoms with Crippen LogP contribution in [0.25, 0.3) is 5.78 Å². The molecular weight excluding hydrogens is 444 g/mol. The van der Waals surface area contributed by atoms with Crippen molar-refractivity contribution in [3.05, 3.63) is 59.2 Å². The SMILES string of the molecule is Cc1nc2ncnn2c(C)c1CCC(=O)N1CC(=O)N(CC(C)C)C[C@@H](OCc2ccccc2)C1. The highest BCUT2D eigenvalue weighted by Gasteiger charge is 2.31. The van der Waals surface area contributed by atoms with Crippen molar-refractivity contribution in [3.8, 4) is 0 Å². The monoisotopic (exact) mass is 478 g/mol. The molecule has 9 nitrogen and oxygen atoms in total. The van der Waals surface area contributed by atoms with Gasteiger partial charge in [-0.25, -0.2) is 9.50 Å². The lowest BCUT2D eigenvalue weighted by atomic mass is 10.1. The average molecular weight is 479 g/mol. The summed E-state index contributed by atoms with van der Waals surface area (Å²) in [5.41, 5.74) is 3.82. The Morgan fingerprint density at radius 3 is 2.69 bits per heavy atom. The van der Waals surface area contributed by atoms with E-state index in [1.54, 1.807) is 9.42 Å². The number of aryl methyl sites for hydroxylation is 2. The Labute approximate surface area is 206 Å². The van der Waals surface area contributed by atoms with E-state index in [9.17, 15) is 9.59 Å². The van der Waals surface area contributed by atoms with Gasteiger partial charge in [-0.3, -0.25) is 9.59 Å². The topological polar surface area (TPSA) is 92.9 Å². The first kappa shape index (κ1) is 24.8. The fourth-order valence-corrected chi connectivity index (χ4v) is 4.59. The van der Waals surface area contributed by atoms with Crippen molar-refractivity contribution in [2.75, 3.05) is 26.2 Å². The Morgan fingerprint density at radius 2 is 1.94 bits per heavy atom. The van der Waals surface area contributed by atoms with E-state index in [2.05, 4.69) is 28.9 Å². The number of aromatic nitrogens is 4. The predicted molar refractivity (Wildman–Crippen MR) is 132 cm³/mol. The van der Waals surface area contributed by atoms with Crippen LogP contribution in [0.5, 0.6) is 0 Å². The lowest BCUT2D eigenvalue weighted by molar-refractivity contribution is -0.139. The van der Waals surface area contributed by atoms with Gasteiger partial charge < -0.3 is 14.5 Å². The third kappa shape index (κ3) is 6.03. The van der Waals surface area contributed by atoms with Crippen LogP contribution in [0.4, 0.5) is 0 Å². The molecule has 1 aromatic carbocycles. The van der Waals surface area contributed by atoms with Crippen LogP contribution in [0.15, 0.2) is 36.7 Å². The molecular formula is C26H34N6O3. The highest BCUT2D eigenvalue weighted by molar-refractivity contribution is 5.85. The van der Waals surface area contributed by atoms with Crippen LogP contribution in [-0.4, -0.2) is 73.5 Å². The Balaban J connectivity index is 1.46. The highest BCUT2D eigenvalue weighted by atomic mass is 16.5. The predicted octanol–water partition coefficient (Wildman–Crippen LogP) is 2.59. The van der Waals surface area contributed by atoms with E-state index >= 15 is 0 Å². The number of amides is 2. The molecule has 0 bridgehead atoms. The Hall–Kier alpha value is -3.33. The minimum atomic E-state index is -0.249. The number of nitrogens with zero attached hydrogens (tertiary/aromatic N) is 6. The number of hydrogen-bond donors (Lipinski definition) is 0. The van der Waals surface area contributed by atoms with Crippen molar-refractivity contribution >= 4 is 17.6 Å². The summed E-state index contributed by atoms with van der Waals surface area (Å²) in [6.45, 7) is 10.1. The number of hydrogen-bond acceptors (Lipinski definition) is 6. The van der Waals surface area contributed by atoms with E-state index in [1.807, 2.05) is 49.1 Å². The molecule has 1 saturated heterocycles. The van der Waals surface area contributed by atoms with Gasteiger partial charge in [0, 0.05) is 37.4 Å². The van der Waals surface area contributed by atoms with Crippen LogP contribution < -0.4 is 0 Å². The maximum absolute atomic E-state index is 13.3. The number of fused-ring (bicyclic) bond motifs is 1. The van der Waals surface area contributed by atoms with E-state index in [0.717, 1.165) is 22.5 Å². The maximum Gasteiger partial charge on any atom is 0.252 e. The lowest BCUT2D eigenvalue weighted by Crippen LogP contribution is -2.40. The van der Waals surface area contributed by atoms with Crippen LogP contribution in [-0.2, 0) is 27.4 Å². The zero-order valence-electron chi connectivity index (χ0n) is 21.0. The second kappa shape index (κ2) is 10.9. The molecule has 186 valence electrons. The molecule has 4 rings (SSSR count). The summed E-state index contributed by atoms with van der Waals surface area (Å²) in [6, 6.07) is 9.96. The molecule has 0 spiro atoms. The van der Waals surface area contributed by atoms with Gasteiger partial charge in [0.05, 0.1) is 19.3 Å². The summed E-state index contributed by atoms with van der Waals surface area (Å²) in [4.78, 5) is 38.5. The van der Waals surface area contributed by atoms with Crippen molar-refractivity contribution in [2.24, 2.45) is 5.92 Å². The zero-order chi connectivity index (χ0) is 24.9. The Morgan fingerprint density at radius 1 is 1.17 bits per heavy atom. The number of benzene rings is 1. The summed E-state index contributed by atoms with van der Waals surface area (Å²) in [5, 5.41) is 4.23. The van der Waals surface area contributed by atoms with E-state index < -0.39 is 0 Å². The molecule has 35 heavy (non-hydrogen) atoms. The molecule has 9 heteroatoms. The van der Waals surface area contributed by atoms with Gasteiger partial charge in [0.2, 0.25) is 11.8 Å². The molecule has 2 aromatic heterocycles. The van der Waals surface area contributed by atoms with E-state index in [1.165, 1.54) is 6.33 Å². The zero-order valence-corrected chi connectivity index (χ0v) is 21.0. The molecule has 1 aliphatic heterocycles. The van der Waals surface area contributed by atoms with Crippen molar-refractivity contribution < 1.29 is 14.3 Å². The van der Waals surface area contributed by atoms with Gasteiger partial charge in [-0.05, 0) is 37.3 Å². The van der Waals surface area contributed by atoms with Gasteiger partial charge in [-0.1, -0.05) is 44.2 Å². The maximum atomic E-state index is 13.3. The van der Waals surface area contributed by atoms with E-state index in [4.69, 9.17) is 4.74 Å². The molecule has 3 heterocycles. The smallest absolute Gasteiger partial charge is 0.252 e. The standard InChI is InChI=1S/C26H34N6O3/c1-18(2)12-30-13-22(35-16-21-8-6-5-7-9-21)14-31(15-25(30)34)24(33)11-10-23-19(3)29-26-27-17-28-32(26)20(23)4/h5-9,17-18,22H,10-16H2,1-4H3/t22-/m1/s1. The highest BCUT2D eigenvalue weighted by Crippen LogP contribution is 2.18. The summed E-state index contributed by atoms with van der Waals surface area (Å²) in [6.07, 6.45) is 2.04. The van der Waals surface area contributed by atoms with Crippen LogP contribution in [0, 0.1) is 19.8 Å². The second-order valence-electron chi connectivity index (χ2n) is 9.62. The molecule has 0 aliphatic carbocycles. The fourth-order valence-electron chi connectivity index (χ4n) is 4.59. The third-order valence-corrected chi connectivity index (χ3v) is 6.37. The first-order valence-electron chi connectivity index (χ1n) is 12.2. The molecule has 0 saturated carbocycles. The summed E-state index contributed by atoms with van der Waals surface area (Å²) < 4.78 is 7.91. The second-order valence-corrected chi connectivity index (χ2v) is 9.62. The summed E-state index contributed by atoms with van der Waals surface area (Å²) >= 11 is 0. The first-order chi connectivity index (χ1) is 16.8. The Kier molecular flexibility index (Phi) is 7.75. The molecule has 0 radical (unpaired) electrons. The van der Waals surface area contributed by atoms with Gasteiger partial charge in [0.25, 0.3) is 5.78 Å². The van der Waals surface area contributed by atoms with Gasteiger partial charge in [0.15, 0.2) is 0 Å². The van der Waals surface area contributed by atoms with Crippen LogP contribution in [0.1, 0.15) is 42.8 Å². The van der Waals surface area contributed by atoms with Crippen LogP contribution in [0.3, 0.4) is 0 Å². The summed E-state index contributed by atoms with van der Waals surface area (Å²) in [7, 11) is 0. The van der Waals surface area contributed by atoms with Crippen molar-refractivity contribution in [3.63, 3.8) is 0 Å². The molecule has 0 N–H and O–H groups in total. The molecule has 2 amide bonds. The molecule has 1 aliphatic rings. The van der Waals surface area contributed by atoms with E-state index in [0.29, 0.717) is 44.4 Å². The van der Waals surface area contributed by atoms with Crippen molar-refractivity contribution in [2.45, 2.75) is 53.2 Å². The molecule has 0 unspecified atom stereocenters. The van der Waals surface area contributed by atoms with Gasteiger partial charge in [-0.2, -0.15) is 10.1 Å². The summed E-state index contributed by atoms with van der Waals surface area (Å²) in [5.74, 6) is 0.796. The van der Waals surface area contributed by atoms with Crippen molar-refractivity contribution in [1.82, 2.24) is 29.4 Å². The van der Waals surface area contributed by atoms with Gasteiger partial charge in [-0.15, -0.1) is 0 Å². The van der Waals surface area contributed by atoms with Crippen LogP contribution in [0.2, 0.25) is 0 Å². The number of ether oxygens (including phenoxy) is 1. The minimum absolute atomic E-state index is 0.0316. The lowest BCUT2D eigenvalue weighted by Gasteiger charge is -2.26. The first-order valence-corrected chi connectivity index (χ1v) is 12.2. The van der Waals surface area contributed by atoms with Gasteiger partial charge >= 0.3 is 0 Å². The fraction of sp³-hybridized carbons (Fsp3) is 0.500. The molecule has 1 fully saturated rings. The number of carbonyl (C=O) groups excluding carboxylic acids is 2. The molecule has 1 atom stereocenters. The third-order valence-electron chi connectivity index (χ3n) is 6.37. The largest absolute Gasteiger partial charge is 0.370 e. The van der Waals surface area contributed by atoms with Crippen LogP contribution >= 0.6 is 0 Å². The normalized spacial score (nSPS) is 16.8. The average Bonchev–Trinajstić information content (AvgIpc) is 3.23. The van der Waals surface area contributed by atoms with Gasteiger partial charge in [0.1, 0.15) is 6.33 Å². The number of carbonyl (C=O) groups is 2. The Bertz CT molecular complexity index is 1180. The number of rotatable bonds is 8. The quantitative estimate of drug-likeness (QED) is 0.494.